The van der Waals surface area contributed by atoms with Gasteiger partial charge in [0, 0.05) is 32.7 Å². The van der Waals surface area contributed by atoms with Gasteiger partial charge in [0.1, 0.15) is 6.33 Å². The van der Waals surface area contributed by atoms with Crippen LogP contribution in [0.4, 0.5) is 4.79 Å². The Morgan fingerprint density at radius 3 is 2.26 bits per heavy atom. The highest BCUT2D eigenvalue weighted by molar-refractivity contribution is 5.96. The van der Waals surface area contributed by atoms with Crippen LogP contribution in [0.5, 0.6) is 0 Å². The first-order valence-corrected chi connectivity index (χ1v) is 10.8. The van der Waals surface area contributed by atoms with Crippen LogP contribution in [0, 0.1) is 25.7 Å². The minimum atomic E-state index is -1.00. The molecule has 0 spiro atoms. The standard InChI is InChI=1S/C23H29N5O3/c1-15-21(16(2)25-14-24-15)22(29)28-12-18-10-27(11-19(18)13-28)9-8-20(26-23(30)31)17-6-4-3-5-7-17/h3-7,14,18-20,26H,8-13H2,1-2H3,(H,30,31)/t18-,19?,20?/m0/s1. The van der Waals surface area contributed by atoms with Gasteiger partial charge in [-0.3, -0.25) is 4.79 Å². The molecule has 3 heterocycles. The molecule has 2 aliphatic rings. The van der Waals surface area contributed by atoms with Gasteiger partial charge in [-0.1, -0.05) is 30.3 Å². The highest BCUT2D eigenvalue weighted by atomic mass is 16.4. The molecule has 2 fully saturated rings. The molecule has 2 unspecified atom stereocenters. The molecule has 2 N–H and O–H groups in total. The minimum absolute atomic E-state index is 0.0337. The zero-order chi connectivity index (χ0) is 22.0. The third kappa shape index (κ3) is 4.69. The SMILES string of the molecule is Cc1ncnc(C)c1C(=O)N1CC2CN(CCC(NC(=O)O)c3ccccc3)C[C@H]2C1. The smallest absolute Gasteiger partial charge is 0.405 e. The van der Waals surface area contributed by atoms with Gasteiger partial charge in [-0.2, -0.15) is 0 Å². The summed E-state index contributed by atoms with van der Waals surface area (Å²) in [6.07, 6.45) is 1.22. The number of benzene rings is 1. The van der Waals surface area contributed by atoms with Crippen molar-refractivity contribution in [1.82, 2.24) is 25.1 Å². The minimum Gasteiger partial charge on any atom is -0.465 e. The summed E-state index contributed by atoms with van der Waals surface area (Å²) in [5, 5.41) is 11.9. The lowest BCUT2D eigenvalue weighted by molar-refractivity contribution is 0.0771. The Morgan fingerprint density at radius 2 is 1.68 bits per heavy atom. The summed E-state index contributed by atoms with van der Waals surface area (Å²) in [5.74, 6) is 0.944. The summed E-state index contributed by atoms with van der Waals surface area (Å²) in [5.41, 5.74) is 3.07. The zero-order valence-electron chi connectivity index (χ0n) is 18.0. The van der Waals surface area contributed by atoms with Gasteiger partial charge in [-0.05, 0) is 37.7 Å². The molecule has 0 aliphatic carbocycles. The highest BCUT2D eigenvalue weighted by Gasteiger charge is 2.42. The number of rotatable bonds is 6. The molecule has 8 nitrogen and oxygen atoms in total. The summed E-state index contributed by atoms with van der Waals surface area (Å²) in [6, 6.07) is 9.49. The summed E-state index contributed by atoms with van der Waals surface area (Å²) >= 11 is 0. The summed E-state index contributed by atoms with van der Waals surface area (Å²) in [4.78, 5) is 37.0. The molecule has 2 aliphatic heterocycles. The Balaban J connectivity index is 1.33. The fourth-order valence-electron chi connectivity index (χ4n) is 4.97. The van der Waals surface area contributed by atoms with E-state index in [9.17, 15) is 14.7 Å². The van der Waals surface area contributed by atoms with Crippen LogP contribution in [0.15, 0.2) is 36.7 Å². The maximum atomic E-state index is 13.0. The number of hydrogen-bond donors (Lipinski definition) is 2. The van der Waals surface area contributed by atoms with Gasteiger partial charge in [-0.25, -0.2) is 14.8 Å². The first-order valence-electron chi connectivity index (χ1n) is 10.8. The summed E-state index contributed by atoms with van der Waals surface area (Å²) in [7, 11) is 0. The van der Waals surface area contributed by atoms with Gasteiger partial charge in [0.15, 0.2) is 0 Å². The summed E-state index contributed by atoms with van der Waals surface area (Å²) in [6.45, 7) is 7.92. The first-order chi connectivity index (χ1) is 14.9. The lowest BCUT2D eigenvalue weighted by Crippen LogP contribution is -2.35. The van der Waals surface area contributed by atoms with Crippen LogP contribution in [-0.2, 0) is 0 Å². The Morgan fingerprint density at radius 1 is 1.06 bits per heavy atom. The highest BCUT2D eigenvalue weighted by Crippen LogP contribution is 2.33. The van der Waals surface area contributed by atoms with E-state index in [1.165, 1.54) is 6.33 Å². The van der Waals surface area contributed by atoms with Gasteiger partial charge < -0.3 is 20.2 Å². The van der Waals surface area contributed by atoms with E-state index in [0.717, 1.165) is 56.1 Å². The van der Waals surface area contributed by atoms with Gasteiger partial charge in [0.2, 0.25) is 0 Å². The van der Waals surface area contributed by atoms with E-state index >= 15 is 0 Å². The monoisotopic (exact) mass is 423 g/mol. The predicted octanol–water partition coefficient (Wildman–Crippen LogP) is 2.50. The molecule has 3 atom stereocenters. The molecule has 4 rings (SSSR count). The normalized spacial score (nSPS) is 21.7. The topological polar surface area (TPSA) is 98.7 Å². The van der Waals surface area contributed by atoms with E-state index in [1.807, 2.05) is 49.1 Å². The molecule has 0 bridgehead atoms. The van der Waals surface area contributed by atoms with Crippen molar-refractivity contribution in [3.63, 3.8) is 0 Å². The lowest BCUT2D eigenvalue weighted by Gasteiger charge is -2.24. The van der Waals surface area contributed by atoms with Gasteiger partial charge in [0.25, 0.3) is 5.91 Å². The molecule has 2 amide bonds. The van der Waals surface area contributed by atoms with Gasteiger partial charge >= 0.3 is 6.09 Å². The van der Waals surface area contributed by atoms with Crippen molar-refractivity contribution in [3.8, 4) is 0 Å². The molecule has 2 saturated heterocycles. The van der Waals surface area contributed by atoms with E-state index in [4.69, 9.17) is 0 Å². The first kappa shape index (κ1) is 21.2. The Bertz CT molecular complexity index is 917. The maximum Gasteiger partial charge on any atom is 0.405 e. The van der Waals surface area contributed by atoms with Crippen molar-refractivity contribution in [1.29, 1.82) is 0 Å². The number of nitrogens with one attached hydrogen (secondary N) is 1. The van der Waals surface area contributed by atoms with Crippen molar-refractivity contribution >= 4 is 12.0 Å². The fraction of sp³-hybridized carbons (Fsp3) is 0.478. The van der Waals surface area contributed by atoms with Crippen molar-refractivity contribution < 1.29 is 14.7 Å². The number of carbonyl (C=O) groups is 2. The van der Waals surface area contributed by atoms with E-state index < -0.39 is 6.09 Å². The average molecular weight is 424 g/mol. The Hall–Kier alpha value is -3.00. The molecular weight excluding hydrogens is 394 g/mol. The fourth-order valence-corrected chi connectivity index (χ4v) is 4.97. The van der Waals surface area contributed by atoms with E-state index in [-0.39, 0.29) is 11.9 Å². The molecule has 31 heavy (non-hydrogen) atoms. The lowest BCUT2D eigenvalue weighted by atomic mass is 10.0. The number of carbonyl (C=O) groups excluding carboxylic acids is 1. The quantitative estimate of drug-likeness (QED) is 0.741. The average Bonchev–Trinajstić information content (AvgIpc) is 3.30. The van der Waals surface area contributed by atoms with Crippen LogP contribution < -0.4 is 5.32 Å². The number of carboxylic acid groups (broad SMARTS) is 1. The molecule has 1 aromatic carbocycles. The van der Waals surface area contributed by atoms with Gasteiger partial charge in [0.05, 0.1) is 23.0 Å². The molecule has 8 heteroatoms. The van der Waals surface area contributed by atoms with Crippen molar-refractivity contribution in [3.05, 3.63) is 59.2 Å². The van der Waals surface area contributed by atoms with Crippen molar-refractivity contribution in [2.24, 2.45) is 11.8 Å². The van der Waals surface area contributed by atoms with E-state index in [2.05, 4.69) is 20.2 Å². The number of hydrogen-bond acceptors (Lipinski definition) is 5. The number of aryl methyl sites for hydroxylation is 2. The predicted molar refractivity (Wildman–Crippen MR) is 116 cm³/mol. The number of amides is 2. The van der Waals surface area contributed by atoms with Gasteiger partial charge in [-0.15, -0.1) is 0 Å². The third-order valence-electron chi connectivity index (χ3n) is 6.52. The second-order valence-corrected chi connectivity index (χ2v) is 8.61. The van der Waals surface area contributed by atoms with Crippen LogP contribution in [-0.4, -0.2) is 69.6 Å². The number of nitrogens with zero attached hydrogens (tertiary/aromatic N) is 4. The van der Waals surface area contributed by atoms with Crippen molar-refractivity contribution in [2.45, 2.75) is 26.3 Å². The number of fused-ring (bicyclic) bond motifs is 1. The largest absolute Gasteiger partial charge is 0.465 e. The zero-order valence-corrected chi connectivity index (χ0v) is 18.0. The molecule has 0 saturated carbocycles. The molecule has 164 valence electrons. The van der Waals surface area contributed by atoms with Crippen LogP contribution in [0.3, 0.4) is 0 Å². The number of likely N-dealkylation sites (tertiary alicyclic amines) is 2. The van der Waals surface area contributed by atoms with Crippen LogP contribution in [0.2, 0.25) is 0 Å². The number of aromatic nitrogens is 2. The van der Waals surface area contributed by atoms with E-state index in [1.54, 1.807) is 0 Å². The van der Waals surface area contributed by atoms with E-state index in [0.29, 0.717) is 17.4 Å². The molecular formula is C23H29N5O3. The molecule has 2 aromatic rings. The van der Waals surface area contributed by atoms with Crippen LogP contribution in [0.25, 0.3) is 0 Å². The maximum absolute atomic E-state index is 13.0. The van der Waals surface area contributed by atoms with Crippen LogP contribution in [0.1, 0.15) is 39.8 Å². The van der Waals surface area contributed by atoms with Crippen LogP contribution >= 0.6 is 0 Å². The Labute approximate surface area is 182 Å². The molecule has 0 radical (unpaired) electrons. The van der Waals surface area contributed by atoms with Crippen molar-refractivity contribution in [2.75, 3.05) is 32.7 Å². The third-order valence-corrected chi connectivity index (χ3v) is 6.52. The second-order valence-electron chi connectivity index (χ2n) is 8.61. The Kier molecular flexibility index (Phi) is 6.18. The summed E-state index contributed by atoms with van der Waals surface area (Å²) < 4.78 is 0. The molecule has 1 aromatic heterocycles. The second kappa shape index (κ2) is 9.01.